The molecule has 0 saturated heterocycles. The third kappa shape index (κ3) is 2.00. The van der Waals surface area contributed by atoms with Crippen molar-refractivity contribution in [3.05, 3.63) is 36.2 Å². The Morgan fingerprint density at radius 3 is 2.88 bits per heavy atom. The van der Waals surface area contributed by atoms with E-state index < -0.39 is 0 Å². The van der Waals surface area contributed by atoms with Gasteiger partial charge in [-0.2, -0.15) is 0 Å². The zero-order chi connectivity index (χ0) is 11.5. The standard InChI is InChI=1S/C12H15N3O/c1-3-16-11-6-4-5-10(7-11)15-8-9(2)14-12(15)13/h4-8H,3H2,1-2H3,(H2,13,14). The fourth-order valence-electron chi connectivity index (χ4n) is 1.61. The first-order valence-corrected chi connectivity index (χ1v) is 5.25. The van der Waals surface area contributed by atoms with Gasteiger partial charge in [-0.15, -0.1) is 0 Å². The Morgan fingerprint density at radius 1 is 1.44 bits per heavy atom. The first-order valence-electron chi connectivity index (χ1n) is 5.25. The van der Waals surface area contributed by atoms with Crippen LogP contribution in [0.2, 0.25) is 0 Å². The number of aryl methyl sites for hydroxylation is 1. The van der Waals surface area contributed by atoms with Gasteiger partial charge in [-0.05, 0) is 26.0 Å². The van der Waals surface area contributed by atoms with Crippen LogP contribution in [-0.4, -0.2) is 16.2 Å². The van der Waals surface area contributed by atoms with Crippen molar-refractivity contribution in [1.82, 2.24) is 9.55 Å². The molecule has 2 aromatic rings. The Kier molecular flexibility index (Phi) is 2.81. The number of hydrogen-bond acceptors (Lipinski definition) is 3. The molecule has 0 aliphatic carbocycles. The summed E-state index contributed by atoms with van der Waals surface area (Å²) in [6.45, 7) is 4.53. The van der Waals surface area contributed by atoms with Crippen molar-refractivity contribution in [3.8, 4) is 11.4 Å². The summed E-state index contributed by atoms with van der Waals surface area (Å²) in [7, 11) is 0. The van der Waals surface area contributed by atoms with E-state index in [1.807, 2.05) is 48.9 Å². The lowest BCUT2D eigenvalue weighted by Gasteiger charge is -2.07. The minimum absolute atomic E-state index is 0.492. The second-order valence-corrected chi connectivity index (χ2v) is 3.54. The molecule has 0 aliphatic heterocycles. The summed E-state index contributed by atoms with van der Waals surface area (Å²) in [6, 6.07) is 7.78. The molecule has 0 aliphatic rings. The van der Waals surface area contributed by atoms with E-state index in [9.17, 15) is 0 Å². The van der Waals surface area contributed by atoms with Crippen molar-refractivity contribution in [2.45, 2.75) is 13.8 Å². The second-order valence-electron chi connectivity index (χ2n) is 3.54. The van der Waals surface area contributed by atoms with Crippen LogP contribution in [0.5, 0.6) is 5.75 Å². The molecule has 2 rings (SSSR count). The Balaban J connectivity index is 2.40. The van der Waals surface area contributed by atoms with Crippen molar-refractivity contribution in [1.29, 1.82) is 0 Å². The number of imidazole rings is 1. The van der Waals surface area contributed by atoms with Gasteiger partial charge in [-0.3, -0.25) is 4.57 Å². The lowest BCUT2D eigenvalue weighted by atomic mass is 10.3. The molecule has 1 heterocycles. The molecule has 1 aromatic heterocycles. The van der Waals surface area contributed by atoms with Crippen LogP contribution in [-0.2, 0) is 0 Å². The number of anilines is 1. The Labute approximate surface area is 94.7 Å². The zero-order valence-corrected chi connectivity index (χ0v) is 9.47. The van der Waals surface area contributed by atoms with E-state index in [-0.39, 0.29) is 0 Å². The maximum absolute atomic E-state index is 5.81. The zero-order valence-electron chi connectivity index (χ0n) is 9.47. The summed E-state index contributed by atoms with van der Waals surface area (Å²) in [4.78, 5) is 4.16. The van der Waals surface area contributed by atoms with Gasteiger partial charge in [-0.25, -0.2) is 4.98 Å². The van der Waals surface area contributed by atoms with E-state index in [1.54, 1.807) is 0 Å². The highest BCUT2D eigenvalue weighted by molar-refractivity contribution is 5.44. The van der Waals surface area contributed by atoms with Gasteiger partial charge < -0.3 is 10.5 Å². The smallest absolute Gasteiger partial charge is 0.205 e. The highest BCUT2D eigenvalue weighted by atomic mass is 16.5. The highest BCUT2D eigenvalue weighted by Crippen LogP contribution is 2.19. The summed E-state index contributed by atoms with van der Waals surface area (Å²) in [5, 5.41) is 0. The number of rotatable bonds is 3. The van der Waals surface area contributed by atoms with E-state index in [4.69, 9.17) is 10.5 Å². The van der Waals surface area contributed by atoms with Gasteiger partial charge in [0.2, 0.25) is 5.95 Å². The first kappa shape index (κ1) is 10.5. The minimum atomic E-state index is 0.492. The van der Waals surface area contributed by atoms with Crippen LogP contribution in [0.3, 0.4) is 0 Å². The van der Waals surface area contributed by atoms with Crippen molar-refractivity contribution < 1.29 is 4.74 Å². The maximum atomic E-state index is 5.81. The van der Waals surface area contributed by atoms with Gasteiger partial charge in [0, 0.05) is 12.3 Å². The fourth-order valence-corrected chi connectivity index (χ4v) is 1.61. The number of ether oxygens (including phenoxy) is 1. The topological polar surface area (TPSA) is 53.1 Å². The van der Waals surface area contributed by atoms with Crippen LogP contribution in [0.1, 0.15) is 12.6 Å². The first-order chi connectivity index (χ1) is 7.70. The van der Waals surface area contributed by atoms with E-state index >= 15 is 0 Å². The average molecular weight is 217 g/mol. The number of nitrogens with zero attached hydrogens (tertiary/aromatic N) is 2. The average Bonchev–Trinajstić information content (AvgIpc) is 2.59. The summed E-state index contributed by atoms with van der Waals surface area (Å²) in [5.74, 6) is 1.33. The highest BCUT2D eigenvalue weighted by Gasteiger charge is 2.04. The van der Waals surface area contributed by atoms with Crippen molar-refractivity contribution in [2.75, 3.05) is 12.3 Å². The molecule has 4 heteroatoms. The molecule has 0 fully saturated rings. The molecule has 0 spiro atoms. The summed E-state index contributed by atoms with van der Waals surface area (Å²) in [6.07, 6.45) is 1.90. The molecule has 16 heavy (non-hydrogen) atoms. The summed E-state index contributed by atoms with van der Waals surface area (Å²) < 4.78 is 7.29. The van der Waals surface area contributed by atoms with Crippen LogP contribution < -0.4 is 10.5 Å². The molecule has 2 N–H and O–H groups in total. The van der Waals surface area contributed by atoms with Gasteiger partial charge in [0.15, 0.2) is 0 Å². The molecular weight excluding hydrogens is 202 g/mol. The molecule has 0 amide bonds. The van der Waals surface area contributed by atoms with Gasteiger partial charge >= 0.3 is 0 Å². The SMILES string of the molecule is CCOc1cccc(-n2cc(C)nc2N)c1. The number of aromatic nitrogens is 2. The monoisotopic (exact) mass is 217 g/mol. The van der Waals surface area contributed by atoms with E-state index in [0.717, 1.165) is 17.1 Å². The predicted octanol–water partition coefficient (Wildman–Crippen LogP) is 2.16. The molecule has 1 aromatic carbocycles. The molecule has 84 valence electrons. The van der Waals surface area contributed by atoms with E-state index in [0.29, 0.717) is 12.6 Å². The van der Waals surface area contributed by atoms with Gasteiger partial charge in [0.05, 0.1) is 18.0 Å². The lowest BCUT2D eigenvalue weighted by molar-refractivity contribution is 0.340. The van der Waals surface area contributed by atoms with E-state index in [2.05, 4.69) is 4.98 Å². The Hall–Kier alpha value is -1.97. The van der Waals surface area contributed by atoms with Crippen LogP contribution in [0.25, 0.3) is 5.69 Å². The number of nitrogen functional groups attached to an aromatic ring is 1. The molecule has 0 radical (unpaired) electrons. The Bertz CT molecular complexity index is 491. The predicted molar refractivity (Wildman–Crippen MR) is 63.9 cm³/mol. The third-order valence-corrected chi connectivity index (χ3v) is 2.26. The molecule has 4 nitrogen and oxygen atoms in total. The molecule has 0 saturated carbocycles. The van der Waals surface area contributed by atoms with Gasteiger partial charge in [-0.1, -0.05) is 6.07 Å². The maximum Gasteiger partial charge on any atom is 0.205 e. The van der Waals surface area contributed by atoms with Gasteiger partial charge in [0.25, 0.3) is 0 Å². The van der Waals surface area contributed by atoms with Crippen LogP contribution in [0.15, 0.2) is 30.5 Å². The largest absolute Gasteiger partial charge is 0.494 e. The summed E-state index contributed by atoms with van der Waals surface area (Å²) in [5.41, 5.74) is 7.67. The van der Waals surface area contributed by atoms with Gasteiger partial charge in [0.1, 0.15) is 5.75 Å². The number of nitrogens with two attached hydrogens (primary N) is 1. The normalized spacial score (nSPS) is 10.4. The van der Waals surface area contributed by atoms with E-state index in [1.165, 1.54) is 0 Å². The van der Waals surface area contributed by atoms with Crippen LogP contribution in [0, 0.1) is 6.92 Å². The Morgan fingerprint density at radius 2 is 2.25 bits per heavy atom. The molecule has 0 atom stereocenters. The molecule has 0 bridgehead atoms. The second kappa shape index (κ2) is 4.26. The quantitative estimate of drug-likeness (QED) is 0.857. The van der Waals surface area contributed by atoms with Crippen LogP contribution in [0.4, 0.5) is 5.95 Å². The van der Waals surface area contributed by atoms with Crippen LogP contribution >= 0.6 is 0 Å². The van der Waals surface area contributed by atoms with Crippen molar-refractivity contribution in [3.63, 3.8) is 0 Å². The minimum Gasteiger partial charge on any atom is -0.494 e. The summed E-state index contributed by atoms with van der Waals surface area (Å²) >= 11 is 0. The lowest BCUT2D eigenvalue weighted by Crippen LogP contribution is -2.00. The number of benzene rings is 1. The fraction of sp³-hybridized carbons (Fsp3) is 0.250. The molecular formula is C12H15N3O. The number of hydrogen-bond donors (Lipinski definition) is 1. The molecule has 0 unspecified atom stereocenters. The van der Waals surface area contributed by atoms with Crippen molar-refractivity contribution in [2.24, 2.45) is 0 Å². The third-order valence-electron chi connectivity index (χ3n) is 2.26. The van der Waals surface area contributed by atoms with Crippen molar-refractivity contribution >= 4 is 5.95 Å².